The summed E-state index contributed by atoms with van der Waals surface area (Å²) < 4.78 is 7.57. The van der Waals surface area contributed by atoms with Gasteiger partial charge in [0.25, 0.3) is 0 Å². The first-order valence-electron chi connectivity index (χ1n) is 8.97. The third-order valence-corrected chi connectivity index (χ3v) is 4.99. The number of nitrogens with one attached hydrogen (secondary N) is 1. The van der Waals surface area contributed by atoms with E-state index in [1.807, 2.05) is 13.8 Å². The van der Waals surface area contributed by atoms with Crippen molar-refractivity contribution in [3.05, 3.63) is 53.3 Å². The highest BCUT2D eigenvalue weighted by molar-refractivity contribution is 5.62. The molecule has 0 radical (unpaired) electrons. The zero-order chi connectivity index (χ0) is 17.4. The van der Waals surface area contributed by atoms with E-state index in [0.717, 1.165) is 46.9 Å². The standard InChI is InChI=1S/C20H24N4O/c1-13(20-14(2)23-25-15(20)3)21-17-9-7-16(8-10-17)18-12-24-11-5-4-6-19(24)22-18/h7-10,12-13,21H,4-6,11H2,1-3H3. The molecule has 1 aliphatic rings. The van der Waals surface area contributed by atoms with Crippen LogP contribution < -0.4 is 5.32 Å². The molecule has 0 fully saturated rings. The van der Waals surface area contributed by atoms with Crippen LogP contribution in [0.5, 0.6) is 0 Å². The Morgan fingerprint density at radius 3 is 2.64 bits per heavy atom. The summed E-state index contributed by atoms with van der Waals surface area (Å²) in [5, 5.41) is 7.57. The van der Waals surface area contributed by atoms with E-state index in [0.29, 0.717) is 0 Å². The van der Waals surface area contributed by atoms with Gasteiger partial charge in [-0.25, -0.2) is 4.98 Å². The second-order valence-electron chi connectivity index (χ2n) is 6.87. The summed E-state index contributed by atoms with van der Waals surface area (Å²) in [5.41, 5.74) is 5.39. The van der Waals surface area contributed by atoms with E-state index in [-0.39, 0.29) is 6.04 Å². The number of benzene rings is 1. The molecule has 5 nitrogen and oxygen atoms in total. The van der Waals surface area contributed by atoms with Crippen LogP contribution in [0.2, 0.25) is 0 Å². The van der Waals surface area contributed by atoms with Gasteiger partial charge in [-0.05, 0) is 45.7 Å². The number of anilines is 1. The van der Waals surface area contributed by atoms with Gasteiger partial charge >= 0.3 is 0 Å². The number of hydrogen-bond acceptors (Lipinski definition) is 4. The Morgan fingerprint density at radius 2 is 1.96 bits per heavy atom. The monoisotopic (exact) mass is 336 g/mol. The predicted octanol–water partition coefficient (Wildman–Crippen LogP) is 4.66. The molecule has 4 rings (SSSR count). The van der Waals surface area contributed by atoms with Crippen molar-refractivity contribution in [2.45, 2.75) is 52.6 Å². The average molecular weight is 336 g/mol. The molecule has 0 saturated carbocycles. The molecule has 0 amide bonds. The van der Waals surface area contributed by atoms with E-state index in [2.05, 4.69) is 52.4 Å². The van der Waals surface area contributed by atoms with Crippen molar-refractivity contribution in [2.75, 3.05) is 5.32 Å². The molecule has 5 heteroatoms. The van der Waals surface area contributed by atoms with Crippen LogP contribution in [0.4, 0.5) is 5.69 Å². The van der Waals surface area contributed by atoms with Crippen LogP contribution in [0.15, 0.2) is 35.0 Å². The maximum atomic E-state index is 5.27. The summed E-state index contributed by atoms with van der Waals surface area (Å²) >= 11 is 0. The van der Waals surface area contributed by atoms with Gasteiger partial charge < -0.3 is 14.4 Å². The van der Waals surface area contributed by atoms with E-state index >= 15 is 0 Å². The molecule has 3 aromatic rings. The Kier molecular flexibility index (Phi) is 4.07. The molecule has 0 spiro atoms. The van der Waals surface area contributed by atoms with Gasteiger partial charge in [-0.15, -0.1) is 0 Å². The van der Waals surface area contributed by atoms with Gasteiger partial charge in [-0.3, -0.25) is 0 Å². The Hall–Kier alpha value is -2.56. The summed E-state index contributed by atoms with van der Waals surface area (Å²) in [6.45, 7) is 7.16. The molecule has 130 valence electrons. The number of rotatable bonds is 4. The molecule has 25 heavy (non-hydrogen) atoms. The van der Waals surface area contributed by atoms with Crippen molar-refractivity contribution in [2.24, 2.45) is 0 Å². The molecule has 0 bridgehead atoms. The van der Waals surface area contributed by atoms with Crippen LogP contribution >= 0.6 is 0 Å². The summed E-state index contributed by atoms with van der Waals surface area (Å²) in [4.78, 5) is 4.80. The van der Waals surface area contributed by atoms with Crippen LogP contribution in [0.25, 0.3) is 11.3 Å². The van der Waals surface area contributed by atoms with Crippen LogP contribution in [-0.2, 0) is 13.0 Å². The fourth-order valence-corrected chi connectivity index (χ4v) is 3.72. The molecular weight excluding hydrogens is 312 g/mol. The Balaban J connectivity index is 1.51. The molecule has 1 unspecified atom stereocenters. The zero-order valence-electron chi connectivity index (χ0n) is 15.0. The number of hydrogen-bond donors (Lipinski definition) is 1. The molecule has 1 atom stereocenters. The maximum Gasteiger partial charge on any atom is 0.139 e. The number of imidazole rings is 1. The molecular formula is C20H24N4O. The highest BCUT2D eigenvalue weighted by Crippen LogP contribution is 2.27. The lowest BCUT2D eigenvalue weighted by Gasteiger charge is -2.15. The van der Waals surface area contributed by atoms with E-state index in [1.54, 1.807) is 0 Å². The summed E-state index contributed by atoms with van der Waals surface area (Å²) in [6, 6.07) is 8.65. The lowest BCUT2D eigenvalue weighted by atomic mass is 10.1. The first kappa shape index (κ1) is 15.9. The van der Waals surface area contributed by atoms with Crippen molar-refractivity contribution in [1.29, 1.82) is 0 Å². The lowest BCUT2D eigenvalue weighted by Crippen LogP contribution is -2.08. The van der Waals surface area contributed by atoms with Gasteiger partial charge in [0.05, 0.1) is 17.4 Å². The second kappa shape index (κ2) is 6.39. The fraction of sp³-hybridized carbons (Fsp3) is 0.400. The van der Waals surface area contributed by atoms with Gasteiger partial charge in [-0.2, -0.15) is 0 Å². The van der Waals surface area contributed by atoms with Gasteiger partial charge in [-0.1, -0.05) is 17.3 Å². The van der Waals surface area contributed by atoms with Crippen molar-refractivity contribution in [1.82, 2.24) is 14.7 Å². The van der Waals surface area contributed by atoms with Crippen molar-refractivity contribution in [3.63, 3.8) is 0 Å². The highest BCUT2D eigenvalue weighted by atomic mass is 16.5. The second-order valence-corrected chi connectivity index (χ2v) is 6.87. The van der Waals surface area contributed by atoms with E-state index in [9.17, 15) is 0 Å². The number of aromatic nitrogens is 3. The number of nitrogens with zero attached hydrogens (tertiary/aromatic N) is 3. The van der Waals surface area contributed by atoms with Crippen LogP contribution in [0.3, 0.4) is 0 Å². The first-order chi connectivity index (χ1) is 12.1. The smallest absolute Gasteiger partial charge is 0.139 e. The topological polar surface area (TPSA) is 55.9 Å². The van der Waals surface area contributed by atoms with Crippen LogP contribution in [0.1, 0.15) is 48.6 Å². The van der Waals surface area contributed by atoms with Crippen molar-refractivity contribution < 1.29 is 4.52 Å². The third kappa shape index (κ3) is 3.06. The normalized spacial score (nSPS) is 15.0. The van der Waals surface area contributed by atoms with E-state index in [1.165, 1.54) is 18.7 Å². The van der Waals surface area contributed by atoms with Gasteiger partial charge in [0.15, 0.2) is 0 Å². The summed E-state index contributed by atoms with van der Waals surface area (Å²) in [7, 11) is 0. The number of aryl methyl sites for hydroxylation is 4. The molecule has 0 aliphatic carbocycles. The highest BCUT2D eigenvalue weighted by Gasteiger charge is 2.17. The molecule has 1 aliphatic heterocycles. The van der Waals surface area contributed by atoms with Crippen molar-refractivity contribution >= 4 is 5.69 Å². The zero-order valence-corrected chi connectivity index (χ0v) is 15.0. The SMILES string of the molecule is Cc1noc(C)c1C(C)Nc1ccc(-c2cn3c(n2)CCCC3)cc1. The first-order valence-corrected chi connectivity index (χ1v) is 8.97. The molecule has 0 saturated heterocycles. The minimum atomic E-state index is 0.150. The minimum Gasteiger partial charge on any atom is -0.378 e. The molecule has 1 N–H and O–H groups in total. The average Bonchev–Trinajstić information content (AvgIpc) is 3.18. The van der Waals surface area contributed by atoms with E-state index in [4.69, 9.17) is 9.51 Å². The molecule has 2 aromatic heterocycles. The van der Waals surface area contributed by atoms with Crippen molar-refractivity contribution in [3.8, 4) is 11.3 Å². The van der Waals surface area contributed by atoms with E-state index < -0.39 is 0 Å². The quantitative estimate of drug-likeness (QED) is 0.752. The summed E-state index contributed by atoms with van der Waals surface area (Å²) in [6.07, 6.45) is 5.78. The Bertz CT molecular complexity index is 833. The summed E-state index contributed by atoms with van der Waals surface area (Å²) in [5.74, 6) is 2.09. The third-order valence-electron chi connectivity index (χ3n) is 4.99. The van der Waals surface area contributed by atoms with Gasteiger partial charge in [0, 0.05) is 36.0 Å². The van der Waals surface area contributed by atoms with Gasteiger partial charge in [0.1, 0.15) is 11.6 Å². The predicted molar refractivity (Wildman–Crippen MR) is 98.6 cm³/mol. The number of fused-ring (bicyclic) bond motifs is 1. The molecule has 3 heterocycles. The van der Waals surface area contributed by atoms with Crippen LogP contribution in [-0.4, -0.2) is 14.7 Å². The Labute approximate surface area is 148 Å². The largest absolute Gasteiger partial charge is 0.378 e. The Morgan fingerprint density at radius 1 is 1.16 bits per heavy atom. The molecule has 1 aromatic carbocycles. The minimum absolute atomic E-state index is 0.150. The van der Waals surface area contributed by atoms with Crippen LogP contribution in [0, 0.1) is 13.8 Å². The fourth-order valence-electron chi connectivity index (χ4n) is 3.72. The lowest BCUT2D eigenvalue weighted by molar-refractivity contribution is 0.392. The maximum absolute atomic E-state index is 5.27. The van der Waals surface area contributed by atoms with Gasteiger partial charge in [0.2, 0.25) is 0 Å².